The van der Waals surface area contributed by atoms with Crippen LogP contribution < -0.4 is 11.1 Å². The summed E-state index contributed by atoms with van der Waals surface area (Å²) in [6.07, 6.45) is 4.77. The number of rotatable bonds is 3. The average molecular weight is 284 g/mol. The van der Waals surface area contributed by atoms with Crippen molar-refractivity contribution in [1.29, 1.82) is 0 Å². The van der Waals surface area contributed by atoms with Gasteiger partial charge in [-0.15, -0.1) is 0 Å². The summed E-state index contributed by atoms with van der Waals surface area (Å²) in [5.74, 6) is 0.0769. The topological polar surface area (TPSA) is 88.2 Å². The number of carbonyl (C=O) groups is 1. The first kappa shape index (κ1) is 14.1. The number of nitrogens with two attached hydrogens (primary N) is 1. The highest BCUT2D eigenvalue weighted by molar-refractivity contribution is 6.29. The van der Waals surface area contributed by atoms with Gasteiger partial charge in [0.15, 0.2) is 0 Å². The Morgan fingerprint density at radius 3 is 3.11 bits per heavy atom. The molecular formula is C13H18ClN3O2. The van der Waals surface area contributed by atoms with Gasteiger partial charge in [-0.2, -0.15) is 0 Å². The lowest BCUT2D eigenvalue weighted by Crippen LogP contribution is -2.33. The summed E-state index contributed by atoms with van der Waals surface area (Å²) < 4.78 is 0. The van der Waals surface area contributed by atoms with E-state index in [9.17, 15) is 9.90 Å². The maximum atomic E-state index is 12.0. The summed E-state index contributed by atoms with van der Waals surface area (Å²) >= 11 is 5.75. The molecule has 2 rings (SSSR count). The lowest BCUT2D eigenvalue weighted by atomic mass is 9.87. The Hall–Kier alpha value is -1.33. The van der Waals surface area contributed by atoms with Crippen molar-refractivity contribution in [2.45, 2.75) is 31.8 Å². The second-order valence-corrected chi connectivity index (χ2v) is 5.38. The van der Waals surface area contributed by atoms with Gasteiger partial charge in [-0.25, -0.2) is 4.98 Å². The molecule has 1 heterocycles. The highest BCUT2D eigenvalue weighted by atomic mass is 35.5. The van der Waals surface area contributed by atoms with Gasteiger partial charge >= 0.3 is 0 Å². The van der Waals surface area contributed by atoms with E-state index in [2.05, 4.69) is 10.3 Å². The summed E-state index contributed by atoms with van der Waals surface area (Å²) in [7, 11) is 0. The fourth-order valence-electron chi connectivity index (χ4n) is 2.42. The van der Waals surface area contributed by atoms with Crippen LogP contribution in [-0.2, 0) is 0 Å². The fraction of sp³-hybridized carbons (Fsp3) is 0.538. The Labute approximate surface area is 117 Å². The number of pyridine rings is 1. The number of aliphatic hydroxyl groups excluding tert-OH is 1. The zero-order valence-corrected chi connectivity index (χ0v) is 11.4. The monoisotopic (exact) mass is 283 g/mol. The third-order valence-electron chi connectivity index (χ3n) is 3.45. The Morgan fingerprint density at radius 2 is 2.37 bits per heavy atom. The predicted octanol–water partition coefficient (Wildman–Crippen LogP) is 1.60. The molecule has 1 aromatic heterocycles. The molecule has 5 nitrogen and oxygen atoms in total. The molecule has 0 saturated heterocycles. The van der Waals surface area contributed by atoms with Gasteiger partial charge in [-0.05, 0) is 31.2 Å². The molecule has 0 spiro atoms. The van der Waals surface area contributed by atoms with Crippen LogP contribution in [0.3, 0.4) is 0 Å². The molecule has 4 N–H and O–H groups in total. The standard InChI is InChI=1S/C13H18ClN3O2/c14-12-5-10(11(15)7-16-12)13(19)17-6-8-2-1-3-9(18)4-8/h5,7-9,18H,1-4,6,15H2,(H,17,19). The summed E-state index contributed by atoms with van der Waals surface area (Å²) in [5.41, 5.74) is 6.35. The number of nitrogens with zero attached hydrogens (tertiary/aromatic N) is 1. The molecule has 2 atom stereocenters. The van der Waals surface area contributed by atoms with Gasteiger partial charge in [-0.1, -0.05) is 18.0 Å². The van der Waals surface area contributed by atoms with Crippen molar-refractivity contribution in [2.24, 2.45) is 5.92 Å². The second-order valence-electron chi connectivity index (χ2n) is 4.99. The Morgan fingerprint density at radius 1 is 1.58 bits per heavy atom. The summed E-state index contributed by atoms with van der Waals surface area (Å²) in [6, 6.07) is 1.46. The van der Waals surface area contributed by atoms with E-state index in [1.165, 1.54) is 12.3 Å². The van der Waals surface area contributed by atoms with Crippen molar-refractivity contribution in [1.82, 2.24) is 10.3 Å². The lowest BCUT2D eigenvalue weighted by Gasteiger charge is -2.25. The number of carbonyl (C=O) groups excluding carboxylic acids is 1. The quantitative estimate of drug-likeness (QED) is 0.735. The van der Waals surface area contributed by atoms with Gasteiger partial charge in [0.2, 0.25) is 0 Å². The fourth-order valence-corrected chi connectivity index (χ4v) is 2.58. The third kappa shape index (κ3) is 3.81. The van der Waals surface area contributed by atoms with E-state index < -0.39 is 0 Å². The molecule has 1 aliphatic carbocycles. The van der Waals surface area contributed by atoms with Crippen LogP contribution in [-0.4, -0.2) is 28.6 Å². The van der Waals surface area contributed by atoms with E-state index in [0.717, 1.165) is 25.7 Å². The van der Waals surface area contributed by atoms with Crippen LogP contribution in [0.5, 0.6) is 0 Å². The molecule has 1 aromatic rings. The van der Waals surface area contributed by atoms with Crippen molar-refractivity contribution in [2.75, 3.05) is 12.3 Å². The highest BCUT2D eigenvalue weighted by Gasteiger charge is 2.21. The number of aliphatic hydroxyl groups is 1. The molecule has 0 bridgehead atoms. The number of nitrogen functional groups attached to an aromatic ring is 1. The van der Waals surface area contributed by atoms with E-state index in [-0.39, 0.29) is 17.2 Å². The van der Waals surface area contributed by atoms with Gasteiger partial charge in [-0.3, -0.25) is 4.79 Å². The minimum absolute atomic E-state index is 0.240. The Kier molecular flexibility index (Phi) is 4.61. The molecule has 0 radical (unpaired) electrons. The molecule has 0 aromatic carbocycles. The SMILES string of the molecule is Nc1cnc(Cl)cc1C(=O)NCC1CCCC(O)C1. The van der Waals surface area contributed by atoms with E-state index in [1.807, 2.05) is 0 Å². The lowest BCUT2D eigenvalue weighted by molar-refractivity contribution is 0.0874. The minimum Gasteiger partial charge on any atom is -0.397 e. The number of hydrogen-bond donors (Lipinski definition) is 3. The smallest absolute Gasteiger partial charge is 0.253 e. The molecule has 19 heavy (non-hydrogen) atoms. The Balaban J connectivity index is 1.92. The minimum atomic E-state index is -0.248. The number of halogens is 1. The first-order valence-electron chi connectivity index (χ1n) is 6.43. The highest BCUT2D eigenvalue weighted by Crippen LogP contribution is 2.23. The van der Waals surface area contributed by atoms with Gasteiger partial charge in [0, 0.05) is 6.54 Å². The zero-order valence-electron chi connectivity index (χ0n) is 10.6. The van der Waals surface area contributed by atoms with Gasteiger partial charge in [0.05, 0.1) is 23.6 Å². The number of anilines is 1. The second kappa shape index (κ2) is 6.21. The largest absolute Gasteiger partial charge is 0.397 e. The molecule has 0 aliphatic heterocycles. The van der Waals surface area contributed by atoms with Crippen LogP contribution in [0.4, 0.5) is 5.69 Å². The third-order valence-corrected chi connectivity index (χ3v) is 3.66. The normalized spacial score (nSPS) is 23.1. The zero-order chi connectivity index (χ0) is 13.8. The van der Waals surface area contributed by atoms with E-state index in [4.69, 9.17) is 17.3 Å². The van der Waals surface area contributed by atoms with Crippen molar-refractivity contribution in [3.8, 4) is 0 Å². The predicted molar refractivity (Wildman–Crippen MR) is 74.0 cm³/mol. The van der Waals surface area contributed by atoms with Crippen LogP contribution in [0.2, 0.25) is 5.15 Å². The number of aromatic nitrogens is 1. The molecule has 1 aliphatic rings. The summed E-state index contributed by atoms with van der Waals surface area (Å²) in [4.78, 5) is 15.8. The average Bonchev–Trinajstić information content (AvgIpc) is 2.39. The summed E-state index contributed by atoms with van der Waals surface area (Å²) in [6.45, 7) is 0.551. The molecule has 6 heteroatoms. The number of hydrogen-bond acceptors (Lipinski definition) is 4. The molecule has 1 fully saturated rings. The van der Waals surface area contributed by atoms with Crippen molar-refractivity contribution < 1.29 is 9.90 Å². The van der Waals surface area contributed by atoms with Crippen molar-refractivity contribution in [3.05, 3.63) is 23.0 Å². The van der Waals surface area contributed by atoms with Gasteiger partial charge in [0.1, 0.15) is 5.15 Å². The first-order chi connectivity index (χ1) is 9.06. The number of nitrogens with one attached hydrogen (secondary N) is 1. The van der Waals surface area contributed by atoms with Crippen molar-refractivity contribution in [3.63, 3.8) is 0 Å². The van der Waals surface area contributed by atoms with E-state index >= 15 is 0 Å². The van der Waals surface area contributed by atoms with Crippen LogP contribution in [0.1, 0.15) is 36.0 Å². The van der Waals surface area contributed by atoms with Crippen molar-refractivity contribution >= 4 is 23.2 Å². The van der Waals surface area contributed by atoms with Crippen LogP contribution in [0, 0.1) is 5.92 Å². The molecular weight excluding hydrogens is 266 g/mol. The van der Waals surface area contributed by atoms with Crippen LogP contribution >= 0.6 is 11.6 Å². The van der Waals surface area contributed by atoms with E-state index in [0.29, 0.717) is 23.7 Å². The molecule has 1 amide bonds. The molecule has 104 valence electrons. The Bertz CT molecular complexity index is 467. The number of amides is 1. The van der Waals surface area contributed by atoms with Gasteiger partial charge in [0.25, 0.3) is 5.91 Å². The maximum absolute atomic E-state index is 12.0. The maximum Gasteiger partial charge on any atom is 0.253 e. The first-order valence-corrected chi connectivity index (χ1v) is 6.81. The van der Waals surface area contributed by atoms with Gasteiger partial charge < -0.3 is 16.2 Å². The van der Waals surface area contributed by atoms with E-state index in [1.54, 1.807) is 0 Å². The molecule has 2 unspecified atom stereocenters. The van der Waals surface area contributed by atoms with Crippen LogP contribution in [0.25, 0.3) is 0 Å². The molecule has 1 saturated carbocycles. The summed E-state index contributed by atoms with van der Waals surface area (Å²) in [5, 5.41) is 12.7. The van der Waals surface area contributed by atoms with Crippen LogP contribution in [0.15, 0.2) is 12.3 Å².